The lowest BCUT2D eigenvalue weighted by molar-refractivity contribution is 0.0516. The van der Waals surface area contributed by atoms with Crippen molar-refractivity contribution in [3.63, 3.8) is 0 Å². The number of aromatic nitrogens is 3. The van der Waals surface area contributed by atoms with Crippen LogP contribution < -0.4 is 4.74 Å². The molecule has 0 spiro atoms. The highest BCUT2D eigenvalue weighted by atomic mass is 16.5. The van der Waals surface area contributed by atoms with Crippen LogP contribution in [-0.4, -0.2) is 28.0 Å². The monoisotopic (exact) mass is 261 g/mol. The van der Waals surface area contributed by atoms with Crippen molar-refractivity contribution < 1.29 is 14.3 Å². The van der Waals surface area contributed by atoms with Crippen LogP contribution in [0.25, 0.3) is 0 Å². The number of nitrogens with zero attached hydrogens (tertiary/aromatic N) is 2. The minimum atomic E-state index is -0.534. The van der Waals surface area contributed by atoms with Crippen molar-refractivity contribution in [1.82, 2.24) is 15.4 Å². The Morgan fingerprint density at radius 1 is 1.37 bits per heavy atom. The van der Waals surface area contributed by atoms with Gasteiger partial charge in [0.05, 0.1) is 6.61 Å². The van der Waals surface area contributed by atoms with Crippen molar-refractivity contribution >= 4 is 5.97 Å². The fourth-order valence-electron chi connectivity index (χ4n) is 1.56. The standard InChI is InChI=1S/C13H15N3O3/c1-4-18-13(17)11-12(15-16-14-11)19-10-7-5-6-8(2)9(10)3/h5-7H,4H2,1-3H3,(H,14,15,16). The largest absolute Gasteiger partial charge is 0.461 e. The zero-order chi connectivity index (χ0) is 13.8. The van der Waals surface area contributed by atoms with Crippen LogP contribution in [0.1, 0.15) is 28.5 Å². The lowest BCUT2D eigenvalue weighted by atomic mass is 10.1. The van der Waals surface area contributed by atoms with E-state index in [0.717, 1.165) is 11.1 Å². The summed E-state index contributed by atoms with van der Waals surface area (Å²) in [6, 6.07) is 5.67. The Morgan fingerprint density at radius 2 is 2.16 bits per heavy atom. The number of benzene rings is 1. The Balaban J connectivity index is 2.27. The Morgan fingerprint density at radius 3 is 2.89 bits per heavy atom. The first kappa shape index (κ1) is 13.1. The highest BCUT2D eigenvalue weighted by molar-refractivity contribution is 5.89. The molecule has 1 N–H and O–H groups in total. The van der Waals surface area contributed by atoms with Crippen LogP contribution >= 0.6 is 0 Å². The molecular weight excluding hydrogens is 246 g/mol. The van der Waals surface area contributed by atoms with Gasteiger partial charge in [0.1, 0.15) is 5.75 Å². The van der Waals surface area contributed by atoms with Gasteiger partial charge in [0.25, 0.3) is 5.88 Å². The lowest BCUT2D eigenvalue weighted by Gasteiger charge is -2.08. The van der Waals surface area contributed by atoms with E-state index in [2.05, 4.69) is 15.4 Å². The molecule has 0 amide bonds. The highest BCUT2D eigenvalue weighted by Crippen LogP contribution is 2.27. The zero-order valence-electron chi connectivity index (χ0n) is 11.1. The van der Waals surface area contributed by atoms with Gasteiger partial charge in [-0.2, -0.15) is 0 Å². The summed E-state index contributed by atoms with van der Waals surface area (Å²) < 4.78 is 10.5. The van der Waals surface area contributed by atoms with Crippen LogP contribution in [-0.2, 0) is 4.74 Å². The van der Waals surface area contributed by atoms with E-state index in [1.807, 2.05) is 32.0 Å². The molecule has 0 aliphatic rings. The molecule has 0 aliphatic heterocycles. The summed E-state index contributed by atoms with van der Waals surface area (Å²) in [5, 5.41) is 9.81. The number of aromatic amines is 1. The van der Waals surface area contributed by atoms with E-state index in [4.69, 9.17) is 9.47 Å². The molecule has 0 saturated carbocycles. The third-order valence-corrected chi connectivity index (χ3v) is 2.76. The quantitative estimate of drug-likeness (QED) is 0.855. The molecule has 1 aromatic carbocycles. The summed E-state index contributed by atoms with van der Waals surface area (Å²) in [5.41, 5.74) is 2.20. The van der Waals surface area contributed by atoms with Crippen LogP contribution in [0.3, 0.4) is 0 Å². The fraction of sp³-hybridized carbons (Fsp3) is 0.308. The minimum Gasteiger partial charge on any atom is -0.461 e. The van der Waals surface area contributed by atoms with Crippen LogP contribution in [0.4, 0.5) is 0 Å². The maximum absolute atomic E-state index is 11.7. The van der Waals surface area contributed by atoms with Gasteiger partial charge in [-0.15, -0.1) is 0 Å². The molecule has 0 radical (unpaired) electrons. The first-order valence-corrected chi connectivity index (χ1v) is 5.95. The molecule has 100 valence electrons. The Bertz CT molecular complexity index is 593. The number of carbonyl (C=O) groups is 1. The number of aryl methyl sites for hydroxylation is 1. The van der Waals surface area contributed by atoms with Crippen molar-refractivity contribution in [1.29, 1.82) is 0 Å². The molecule has 0 unspecified atom stereocenters. The second-order valence-electron chi connectivity index (χ2n) is 4.01. The average molecular weight is 261 g/mol. The van der Waals surface area contributed by atoms with Crippen LogP contribution in [0.15, 0.2) is 18.2 Å². The van der Waals surface area contributed by atoms with E-state index in [0.29, 0.717) is 5.75 Å². The van der Waals surface area contributed by atoms with E-state index in [1.54, 1.807) is 6.92 Å². The van der Waals surface area contributed by atoms with Gasteiger partial charge in [-0.25, -0.2) is 9.89 Å². The molecule has 1 heterocycles. The van der Waals surface area contributed by atoms with E-state index < -0.39 is 5.97 Å². The summed E-state index contributed by atoms with van der Waals surface area (Å²) in [5.74, 6) is 0.222. The molecule has 1 aromatic heterocycles. The van der Waals surface area contributed by atoms with Gasteiger partial charge in [0.2, 0.25) is 5.69 Å². The highest BCUT2D eigenvalue weighted by Gasteiger charge is 2.19. The van der Waals surface area contributed by atoms with Crippen molar-refractivity contribution in [2.75, 3.05) is 6.61 Å². The van der Waals surface area contributed by atoms with Crippen molar-refractivity contribution in [3.8, 4) is 11.6 Å². The average Bonchev–Trinajstić information content (AvgIpc) is 2.83. The molecule has 19 heavy (non-hydrogen) atoms. The molecule has 2 rings (SSSR count). The SMILES string of the molecule is CCOC(=O)c1[nH]nnc1Oc1cccc(C)c1C. The molecule has 2 aromatic rings. The summed E-state index contributed by atoms with van der Waals surface area (Å²) in [7, 11) is 0. The van der Waals surface area contributed by atoms with Crippen molar-refractivity contribution in [3.05, 3.63) is 35.0 Å². The molecule has 0 aliphatic carbocycles. The smallest absolute Gasteiger partial charge is 0.362 e. The summed E-state index contributed by atoms with van der Waals surface area (Å²) >= 11 is 0. The lowest BCUT2D eigenvalue weighted by Crippen LogP contribution is -2.07. The van der Waals surface area contributed by atoms with Gasteiger partial charge < -0.3 is 9.47 Å². The summed E-state index contributed by atoms with van der Waals surface area (Å²) in [6.07, 6.45) is 0. The normalized spacial score (nSPS) is 10.3. The summed E-state index contributed by atoms with van der Waals surface area (Å²) in [6.45, 7) is 5.93. The van der Waals surface area contributed by atoms with Crippen LogP contribution in [0.5, 0.6) is 11.6 Å². The van der Waals surface area contributed by atoms with Gasteiger partial charge >= 0.3 is 5.97 Å². The fourth-order valence-corrected chi connectivity index (χ4v) is 1.56. The number of esters is 1. The Labute approximate surface area is 110 Å². The second kappa shape index (κ2) is 5.51. The number of nitrogens with one attached hydrogen (secondary N) is 1. The van der Waals surface area contributed by atoms with E-state index >= 15 is 0 Å². The minimum absolute atomic E-state index is 0.114. The molecule has 6 heteroatoms. The molecule has 0 fully saturated rings. The molecular formula is C13H15N3O3. The number of ether oxygens (including phenoxy) is 2. The number of carbonyl (C=O) groups excluding carboxylic acids is 1. The maximum atomic E-state index is 11.7. The van der Waals surface area contributed by atoms with E-state index in [-0.39, 0.29) is 18.2 Å². The van der Waals surface area contributed by atoms with Crippen LogP contribution in [0.2, 0.25) is 0 Å². The zero-order valence-corrected chi connectivity index (χ0v) is 11.1. The third kappa shape index (κ3) is 2.73. The first-order valence-electron chi connectivity index (χ1n) is 5.95. The predicted molar refractivity (Wildman–Crippen MR) is 68.3 cm³/mol. The molecule has 6 nitrogen and oxygen atoms in total. The Kier molecular flexibility index (Phi) is 3.79. The van der Waals surface area contributed by atoms with Crippen molar-refractivity contribution in [2.24, 2.45) is 0 Å². The number of H-pyrrole nitrogens is 1. The van der Waals surface area contributed by atoms with E-state index in [1.165, 1.54) is 0 Å². The third-order valence-electron chi connectivity index (χ3n) is 2.76. The molecule has 0 saturated heterocycles. The van der Waals surface area contributed by atoms with Gasteiger partial charge in [0.15, 0.2) is 0 Å². The molecule has 0 bridgehead atoms. The maximum Gasteiger partial charge on any atom is 0.362 e. The van der Waals surface area contributed by atoms with Gasteiger partial charge in [-0.05, 0) is 38.0 Å². The number of rotatable bonds is 4. The molecule has 0 atom stereocenters. The predicted octanol–water partition coefficient (Wildman–Crippen LogP) is 2.39. The topological polar surface area (TPSA) is 77.1 Å². The van der Waals surface area contributed by atoms with Crippen molar-refractivity contribution in [2.45, 2.75) is 20.8 Å². The number of hydrogen-bond donors (Lipinski definition) is 1. The second-order valence-corrected chi connectivity index (χ2v) is 4.01. The first-order chi connectivity index (χ1) is 9.13. The Hall–Kier alpha value is -2.37. The van der Waals surface area contributed by atoms with Crippen LogP contribution in [0, 0.1) is 13.8 Å². The summed E-state index contributed by atoms with van der Waals surface area (Å²) in [4.78, 5) is 11.7. The number of hydrogen-bond acceptors (Lipinski definition) is 5. The van der Waals surface area contributed by atoms with Gasteiger partial charge in [0, 0.05) is 0 Å². The van der Waals surface area contributed by atoms with Gasteiger partial charge in [-0.1, -0.05) is 22.4 Å². The van der Waals surface area contributed by atoms with Gasteiger partial charge in [-0.3, -0.25) is 0 Å². The van der Waals surface area contributed by atoms with E-state index in [9.17, 15) is 4.79 Å².